The van der Waals surface area contributed by atoms with E-state index in [1.165, 1.54) is 141 Å². The molecule has 0 aromatic rings. The average molecular weight is 736 g/mol. The highest BCUT2D eigenvalue weighted by molar-refractivity contribution is 7.85. The molecule has 298 valence electrons. The predicted octanol–water partition coefficient (Wildman–Crippen LogP) is 12.7. The molecule has 0 aliphatic carbocycles. The molecule has 7 heteroatoms. The number of aliphatic hydroxyl groups is 1. The monoisotopic (exact) mass is 736 g/mol. The van der Waals surface area contributed by atoms with Gasteiger partial charge in [0, 0.05) is 6.42 Å². The lowest BCUT2D eigenvalue weighted by Crippen LogP contribution is -2.46. The van der Waals surface area contributed by atoms with Crippen molar-refractivity contribution in [1.29, 1.82) is 0 Å². The van der Waals surface area contributed by atoms with Gasteiger partial charge in [0.2, 0.25) is 5.91 Å². The average Bonchev–Trinajstić information content (AvgIpc) is 3.09. The molecule has 1 amide bonds. The maximum Gasteiger partial charge on any atom is 0.267 e. The number of rotatable bonds is 38. The van der Waals surface area contributed by atoms with E-state index < -0.39 is 28.0 Å². The van der Waals surface area contributed by atoms with Crippen LogP contribution in [0, 0.1) is 0 Å². The van der Waals surface area contributed by atoms with Crippen LogP contribution in [0.1, 0.15) is 206 Å². The standard InChI is InChI=1S/C44H81NO5S/c1-3-5-7-9-11-13-15-17-19-20-21-22-23-24-26-28-30-32-34-36-38-40-44(47)45-42(41-51(48,49)50)43(46)39-37-35-33-31-29-27-25-18-16-14-12-10-8-6-4-2/h15,17,20-21,29,31,37,39,42-43,46H,3-14,16,18-19,22-28,30,32-36,38,40-41H2,1-2H3,(H,45,47)(H,48,49,50)/b17-15-,21-20-,31-29+,39-37+. The summed E-state index contributed by atoms with van der Waals surface area (Å²) in [4.78, 5) is 12.5. The Balaban J connectivity index is 3.93. The van der Waals surface area contributed by atoms with Crippen LogP contribution in [-0.2, 0) is 14.9 Å². The van der Waals surface area contributed by atoms with Crippen molar-refractivity contribution in [2.24, 2.45) is 0 Å². The van der Waals surface area contributed by atoms with Crippen LogP contribution < -0.4 is 5.32 Å². The maximum absolute atomic E-state index is 12.5. The van der Waals surface area contributed by atoms with Crippen LogP contribution in [0.25, 0.3) is 0 Å². The first kappa shape index (κ1) is 49.3. The maximum atomic E-state index is 12.5. The first-order valence-electron chi connectivity index (χ1n) is 21.3. The minimum atomic E-state index is -4.36. The molecule has 0 bridgehead atoms. The van der Waals surface area contributed by atoms with E-state index in [2.05, 4.69) is 55.6 Å². The molecule has 3 N–H and O–H groups in total. The second-order valence-corrected chi connectivity index (χ2v) is 16.1. The Morgan fingerprint density at radius 3 is 1.35 bits per heavy atom. The van der Waals surface area contributed by atoms with Crippen molar-refractivity contribution in [2.45, 2.75) is 219 Å². The van der Waals surface area contributed by atoms with E-state index in [0.717, 1.165) is 44.9 Å². The van der Waals surface area contributed by atoms with Gasteiger partial charge in [-0.25, -0.2) is 0 Å². The zero-order chi connectivity index (χ0) is 37.5. The van der Waals surface area contributed by atoms with E-state index in [9.17, 15) is 22.9 Å². The Kier molecular flexibility index (Phi) is 36.8. The molecule has 0 saturated heterocycles. The molecule has 51 heavy (non-hydrogen) atoms. The van der Waals surface area contributed by atoms with Crippen LogP contribution in [0.5, 0.6) is 0 Å². The Bertz CT molecular complexity index is 987. The molecule has 2 atom stereocenters. The van der Waals surface area contributed by atoms with Gasteiger partial charge < -0.3 is 10.4 Å². The van der Waals surface area contributed by atoms with Crippen LogP contribution in [0.3, 0.4) is 0 Å². The molecular weight excluding hydrogens is 655 g/mol. The van der Waals surface area contributed by atoms with E-state index in [1.807, 2.05) is 6.08 Å². The zero-order valence-electron chi connectivity index (χ0n) is 33.2. The van der Waals surface area contributed by atoms with Crippen LogP contribution in [-0.4, -0.2) is 41.9 Å². The van der Waals surface area contributed by atoms with Crippen LogP contribution in [0.15, 0.2) is 48.6 Å². The van der Waals surface area contributed by atoms with E-state index >= 15 is 0 Å². The molecule has 0 rings (SSSR count). The van der Waals surface area contributed by atoms with Crippen molar-refractivity contribution < 1.29 is 22.9 Å². The van der Waals surface area contributed by atoms with Gasteiger partial charge in [0.05, 0.1) is 17.9 Å². The number of carbonyl (C=O) groups excluding carboxylic acids is 1. The van der Waals surface area contributed by atoms with Crippen molar-refractivity contribution >= 4 is 16.0 Å². The molecule has 0 aliphatic heterocycles. The number of hydrogen-bond acceptors (Lipinski definition) is 4. The fourth-order valence-corrected chi connectivity index (χ4v) is 6.99. The normalized spacial score (nSPS) is 13.7. The first-order valence-corrected chi connectivity index (χ1v) is 22.9. The summed E-state index contributed by atoms with van der Waals surface area (Å²) < 4.78 is 32.5. The van der Waals surface area contributed by atoms with Gasteiger partial charge >= 0.3 is 0 Å². The van der Waals surface area contributed by atoms with E-state index in [1.54, 1.807) is 0 Å². The van der Waals surface area contributed by atoms with Crippen LogP contribution in [0.4, 0.5) is 0 Å². The van der Waals surface area contributed by atoms with Gasteiger partial charge in [0.25, 0.3) is 10.1 Å². The highest BCUT2D eigenvalue weighted by Crippen LogP contribution is 2.13. The highest BCUT2D eigenvalue weighted by Gasteiger charge is 2.24. The smallest absolute Gasteiger partial charge is 0.267 e. The summed E-state index contributed by atoms with van der Waals surface area (Å²) in [6, 6.07) is -1.08. The summed E-state index contributed by atoms with van der Waals surface area (Å²) in [5.74, 6) is -1.01. The molecule has 0 aromatic heterocycles. The lowest BCUT2D eigenvalue weighted by atomic mass is 10.1. The lowest BCUT2D eigenvalue weighted by Gasteiger charge is -2.21. The van der Waals surface area contributed by atoms with Gasteiger partial charge in [-0.2, -0.15) is 8.42 Å². The molecule has 0 heterocycles. The topological polar surface area (TPSA) is 104 Å². The fourth-order valence-electron chi connectivity index (χ4n) is 6.26. The number of carbonyl (C=O) groups is 1. The summed E-state index contributed by atoms with van der Waals surface area (Å²) in [5, 5.41) is 13.2. The predicted molar refractivity (Wildman–Crippen MR) is 221 cm³/mol. The van der Waals surface area contributed by atoms with Crippen molar-refractivity contribution in [1.82, 2.24) is 5.32 Å². The molecule has 0 saturated carbocycles. The molecule has 0 spiro atoms. The Labute approximate surface area is 316 Å². The number of nitrogens with one attached hydrogen (secondary N) is 1. The summed E-state index contributed by atoms with van der Waals surface area (Å²) in [6.45, 7) is 4.51. The third-order valence-corrected chi connectivity index (χ3v) is 10.3. The number of unbranched alkanes of at least 4 members (excludes halogenated alkanes) is 24. The SMILES string of the molecule is CCCCCCC/C=C\C/C=C\CCCCCCCCCCCC(=O)NC(CS(=O)(=O)O)C(O)/C=C/CC/C=C/CCCCCCCCCCC. The fraction of sp³-hybridized carbons (Fsp3) is 0.795. The Morgan fingerprint density at radius 1 is 0.529 bits per heavy atom. The van der Waals surface area contributed by atoms with Gasteiger partial charge in [-0.15, -0.1) is 0 Å². The molecule has 2 unspecified atom stereocenters. The third-order valence-electron chi connectivity index (χ3n) is 9.48. The van der Waals surface area contributed by atoms with Crippen molar-refractivity contribution in [3.05, 3.63) is 48.6 Å². The highest BCUT2D eigenvalue weighted by atomic mass is 32.2. The summed E-state index contributed by atoms with van der Waals surface area (Å²) >= 11 is 0. The molecule has 0 fully saturated rings. The van der Waals surface area contributed by atoms with Crippen molar-refractivity contribution in [3.8, 4) is 0 Å². The van der Waals surface area contributed by atoms with E-state index in [0.29, 0.717) is 6.42 Å². The van der Waals surface area contributed by atoms with Crippen LogP contribution >= 0.6 is 0 Å². The van der Waals surface area contributed by atoms with E-state index in [-0.39, 0.29) is 12.3 Å². The van der Waals surface area contributed by atoms with Gasteiger partial charge in [-0.3, -0.25) is 9.35 Å². The molecule has 0 radical (unpaired) electrons. The molecule has 6 nitrogen and oxygen atoms in total. The molecule has 0 aromatic carbocycles. The molecule has 0 aliphatic rings. The lowest BCUT2D eigenvalue weighted by molar-refractivity contribution is -0.122. The summed E-state index contributed by atoms with van der Waals surface area (Å²) in [5.41, 5.74) is 0. The van der Waals surface area contributed by atoms with Gasteiger partial charge in [0.1, 0.15) is 0 Å². The van der Waals surface area contributed by atoms with Gasteiger partial charge in [-0.1, -0.05) is 184 Å². The minimum absolute atomic E-state index is 0.282. The van der Waals surface area contributed by atoms with Crippen molar-refractivity contribution in [2.75, 3.05) is 5.75 Å². The minimum Gasteiger partial charge on any atom is -0.387 e. The number of allylic oxidation sites excluding steroid dienone is 7. The summed E-state index contributed by atoms with van der Waals surface area (Å²) in [6.07, 6.45) is 51.0. The first-order chi connectivity index (χ1) is 24.8. The quantitative estimate of drug-likeness (QED) is 0.0333. The number of amides is 1. The zero-order valence-corrected chi connectivity index (χ0v) is 34.0. The number of aliphatic hydroxyl groups excluding tert-OH is 1. The number of hydrogen-bond donors (Lipinski definition) is 3. The van der Waals surface area contributed by atoms with Crippen LogP contribution in [0.2, 0.25) is 0 Å². The molecular formula is C44H81NO5S. The van der Waals surface area contributed by atoms with Gasteiger partial charge in [0.15, 0.2) is 0 Å². The second kappa shape index (κ2) is 38.0. The third kappa shape index (κ3) is 39.3. The second-order valence-electron chi connectivity index (χ2n) is 14.6. The Morgan fingerprint density at radius 2 is 0.902 bits per heavy atom. The van der Waals surface area contributed by atoms with Gasteiger partial charge in [-0.05, 0) is 64.2 Å². The Hall–Kier alpha value is -1.70. The largest absolute Gasteiger partial charge is 0.387 e. The van der Waals surface area contributed by atoms with E-state index in [4.69, 9.17) is 0 Å². The van der Waals surface area contributed by atoms with Crippen molar-refractivity contribution in [3.63, 3.8) is 0 Å². The summed E-state index contributed by atoms with van der Waals surface area (Å²) in [7, 11) is -4.36.